The van der Waals surface area contributed by atoms with Crippen molar-refractivity contribution in [1.29, 1.82) is 0 Å². The van der Waals surface area contributed by atoms with E-state index in [-0.39, 0.29) is 5.41 Å². The van der Waals surface area contributed by atoms with Crippen LogP contribution in [0, 0.1) is 23.2 Å². The molecule has 0 aromatic heterocycles. The lowest BCUT2D eigenvalue weighted by Gasteiger charge is -2.32. The third-order valence-electron chi connectivity index (χ3n) is 5.23. The molecule has 2 saturated carbocycles. The monoisotopic (exact) mass is 266 g/mol. The van der Waals surface area contributed by atoms with Crippen molar-refractivity contribution in [3.05, 3.63) is 0 Å². The number of nitrogens with zero attached hydrogens (tertiary/aromatic N) is 1. The summed E-state index contributed by atoms with van der Waals surface area (Å²) in [5, 5.41) is 0. The zero-order valence-electron chi connectivity index (χ0n) is 12.8. The van der Waals surface area contributed by atoms with Crippen LogP contribution in [0.3, 0.4) is 0 Å². The SMILES string of the molecule is CCN(CC(C)(C)CN)C(=O)CC1CC2CCC1C2. The van der Waals surface area contributed by atoms with Gasteiger partial charge in [-0.1, -0.05) is 20.3 Å². The smallest absolute Gasteiger partial charge is 0.222 e. The molecule has 2 aliphatic rings. The number of fused-ring (bicyclic) bond motifs is 2. The van der Waals surface area contributed by atoms with E-state index in [0.717, 1.165) is 31.3 Å². The zero-order valence-corrected chi connectivity index (χ0v) is 12.8. The summed E-state index contributed by atoms with van der Waals surface area (Å²) in [6, 6.07) is 0. The van der Waals surface area contributed by atoms with E-state index in [1.807, 2.05) is 4.90 Å². The summed E-state index contributed by atoms with van der Waals surface area (Å²) in [7, 11) is 0. The molecular weight excluding hydrogens is 236 g/mol. The van der Waals surface area contributed by atoms with E-state index in [1.54, 1.807) is 0 Å². The highest BCUT2D eigenvalue weighted by Gasteiger charge is 2.40. The first-order valence-corrected chi connectivity index (χ1v) is 7.93. The van der Waals surface area contributed by atoms with E-state index < -0.39 is 0 Å². The second-order valence-corrected chi connectivity index (χ2v) is 7.42. The molecule has 3 heteroatoms. The highest BCUT2D eigenvalue weighted by Crippen LogP contribution is 2.49. The van der Waals surface area contributed by atoms with Crippen LogP contribution in [0.2, 0.25) is 0 Å². The Labute approximate surface area is 117 Å². The number of hydrogen-bond acceptors (Lipinski definition) is 2. The summed E-state index contributed by atoms with van der Waals surface area (Å²) in [6.45, 7) is 8.58. The van der Waals surface area contributed by atoms with E-state index in [1.165, 1.54) is 25.7 Å². The standard InChI is InChI=1S/C16H30N2O/c1-4-18(11-16(2,3)10-17)15(19)9-14-8-12-5-6-13(14)7-12/h12-14H,4-11,17H2,1-3H3. The first-order valence-electron chi connectivity index (χ1n) is 7.93. The van der Waals surface area contributed by atoms with Gasteiger partial charge >= 0.3 is 0 Å². The van der Waals surface area contributed by atoms with Crippen LogP contribution >= 0.6 is 0 Å². The Balaban J connectivity index is 1.87. The van der Waals surface area contributed by atoms with Crippen LogP contribution in [-0.2, 0) is 4.79 Å². The predicted molar refractivity (Wildman–Crippen MR) is 78.6 cm³/mol. The summed E-state index contributed by atoms with van der Waals surface area (Å²) in [5.74, 6) is 2.79. The van der Waals surface area contributed by atoms with E-state index in [4.69, 9.17) is 5.73 Å². The van der Waals surface area contributed by atoms with Crippen molar-refractivity contribution < 1.29 is 4.79 Å². The summed E-state index contributed by atoms with van der Waals surface area (Å²) in [4.78, 5) is 14.5. The summed E-state index contributed by atoms with van der Waals surface area (Å²) in [5.41, 5.74) is 5.81. The Morgan fingerprint density at radius 1 is 1.32 bits per heavy atom. The Kier molecular flexibility index (Phi) is 4.54. The lowest BCUT2D eigenvalue weighted by molar-refractivity contribution is -0.133. The van der Waals surface area contributed by atoms with Gasteiger partial charge in [-0.05, 0) is 55.9 Å². The number of carbonyl (C=O) groups excluding carboxylic acids is 1. The van der Waals surface area contributed by atoms with E-state index in [2.05, 4.69) is 20.8 Å². The maximum Gasteiger partial charge on any atom is 0.222 e. The maximum atomic E-state index is 12.5. The number of amides is 1. The number of hydrogen-bond donors (Lipinski definition) is 1. The van der Waals surface area contributed by atoms with Crippen molar-refractivity contribution >= 4 is 5.91 Å². The fraction of sp³-hybridized carbons (Fsp3) is 0.938. The molecule has 0 aliphatic heterocycles. The highest BCUT2D eigenvalue weighted by molar-refractivity contribution is 5.76. The van der Waals surface area contributed by atoms with Crippen molar-refractivity contribution in [2.45, 2.75) is 52.9 Å². The fourth-order valence-corrected chi connectivity index (χ4v) is 3.94. The molecule has 3 nitrogen and oxygen atoms in total. The van der Waals surface area contributed by atoms with E-state index >= 15 is 0 Å². The van der Waals surface area contributed by atoms with Crippen molar-refractivity contribution in [3.8, 4) is 0 Å². The number of carbonyl (C=O) groups is 1. The van der Waals surface area contributed by atoms with Crippen LogP contribution in [0.25, 0.3) is 0 Å². The second-order valence-electron chi connectivity index (χ2n) is 7.42. The van der Waals surface area contributed by atoms with Crippen LogP contribution < -0.4 is 5.73 Å². The fourth-order valence-electron chi connectivity index (χ4n) is 3.94. The molecule has 0 spiro atoms. The van der Waals surface area contributed by atoms with Crippen LogP contribution in [0.15, 0.2) is 0 Å². The first-order chi connectivity index (χ1) is 8.95. The van der Waals surface area contributed by atoms with Gasteiger partial charge in [0.2, 0.25) is 5.91 Å². The molecule has 2 N–H and O–H groups in total. The van der Waals surface area contributed by atoms with Gasteiger partial charge in [-0.3, -0.25) is 4.79 Å². The minimum Gasteiger partial charge on any atom is -0.342 e. The van der Waals surface area contributed by atoms with Crippen LogP contribution in [0.5, 0.6) is 0 Å². The maximum absolute atomic E-state index is 12.5. The minimum absolute atomic E-state index is 0.0281. The van der Waals surface area contributed by atoms with Gasteiger partial charge in [-0.15, -0.1) is 0 Å². The van der Waals surface area contributed by atoms with Crippen molar-refractivity contribution in [3.63, 3.8) is 0 Å². The third kappa shape index (κ3) is 3.50. The van der Waals surface area contributed by atoms with E-state index in [9.17, 15) is 4.79 Å². The molecule has 0 heterocycles. The summed E-state index contributed by atoms with van der Waals surface area (Å²) in [6.07, 6.45) is 6.23. The average Bonchev–Trinajstić information content (AvgIpc) is 2.98. The molecule has 0 aromatic carbocycles. The van der Waals surface area contributed by atoms with Crippen LogP contribution in [0.4, 0.5) is 0 Å². The topological polar surface area (TPSA) is 46.3 Å². The molecular formula is C16H30N2O. The molecule has 110 valence electrons. The minimum atomic E-state index is 0.0281. The quantitative estimate of drug-likeness (QED) is 0.803. The zero-order chi connectivity index (χ0) is 14.0. The molecule has 1 amide bonds. The van der Waals surface area contributed by atoms with Gasteiger partial charge < -0.3 is 10.6 Å². The predicted octanol–water partition coefficient (Wildman–Crippen LogP) is 2.65. The van der Waals surface area contributed by atoms with Gasteiger partial charge in [0.1, 0.15) is 0 Å². The van der Waals surface area contributed by atoms with E-state index in [0.29, 0.717) is 18.4 Å². The summed E-state index contributed by atoms with van der Waals surface area (Å²) >= 11 is 0. The Bertz CT molecular complexity index is 327. The van der Waals surface area contributed by atoms with Crippen LogP contribution in [-0.4, -0.2) is 30.4 Å². The van der Waals surface area contributed by atoms with Crippen molar-refractivity contribution in [2.24, 2.45) is 28.9 Å². The molecule has 3 atom stereocenters. The summed E-state index contributed by atoms with van der Waals surface area (Å²) < 4.78 is 0. The molecule has 2 rings (SSSR count). The molecule has 0 saturated heterocycles. The lowest BCUT2D eigenvalue weighted by Crippen LogP contribution is -2.42. The normalized spacial score (nSPS) is 29.8. The van der Waals surface area contributed by atoms with Gasteiger partial charge in [0, 0.05) is 19.5 Å². The lowest BCUT2D eigenvalue weighted by atomic mass is 9.85. The largest absolute Gasteiger partial charge is 0.342 e. The number of nitrogens with two attached hydrogens (primary N) is 1. The van der Waals surface area contributed by atoms with Gasteiger partial charge in [0.05, 0.1) is 0 Å². The molecule has 2 fully saturated rings. The van der Waals surface area contributed by atoms with Gasteiger partial charge in [0.15, 0.2) is 0 Å². The Morgan fingerprint density at radius 2 is 2.05 bits per heavy atom. The molecule has 0 aromatic rings. The first kappa shape index (κ1) is 14.8. The Morgan fingerprint density at radius 3 is 2.53 bits per heavy atom. The van der Waals surface area contributed by atoms with Crippen LogP contribution in [0.1, 0.15) is 52.9 Å². The van der Waals surface area contributed by atoms with Crippen molar-refractivity contribution in [2.75, 3.05) is 19.6 Å². The van der Waals surface area contributed by atoms with Gasteiger partial charge in [-0.2, -0.15) is 0 Å². The van der Waals surface area contributed by atoms with Gasteiger partial charge in [-0.25, -0.2) is 0 Å². The molecule has 2 aliphatic carbocycles. The molecule has 3 unspecified atom stereocenters. The molecule has 0 radical (unpaired) electrons. The number of rotatable bonds is 6. The molecule has 19 heavy (non-hydrogen) atoms. The second kappa shape index (κ2) is 5.82. The third-order valence-corrected chi connectivity index (χ3v) is 5.23. The Hall–Kier alpha value is -0.570. The van der Waals surface area contributed by atoms with Gasteiger partial charge in [0.25, 0.3) is 0 Å². The average molecular weight is 266 g/mol. The highest BCUT2D eigenvalue weighted by atomic mass is 16.2. The molecule has 2 bridgehead atoms. The van der Waals surface area contributed by atoms with Crippen molar-refractivity contribution in [1.82, 2.24) is 4.90 Å².